The van der Waals surface area contributed by atoms with E-state index >= 15 is 0 Å². The van der Waals surface area contributed by atoms with E-state index in [4.69, 9.17) is 5.73 Å². The Labute approximate surface area is 155 Å². The number of hydrogen-bond acceptors (Lipinski definition) is 1. The molecule has 2 rings (SSSR count). The lowest BCUT2D eigenvalue weighted by molar-refractivity contribution is -0.889. The van der Waals surface area contributed by atoms with Gasteiger partial charge in [0.1, 0.15) is 5.41 Å². The third-order valence-electron chi connectivity index (χ3n) is 4.90. The summed E-state index contributed by atoms with van der Waals surface area (Å²) in [7, 11) is 4.36. The Morgan fingerprint density at radius 1 is 0.958 bits per heavy atom. The van der Waals surface area contributed by atoms with Crippen LogP contribution in [0.15, 0.2) is 60.7 Å². The van der Waals surface area contributed by atoms with Crippen molar-refractivity contribution < 1.29 is 26.3 Å². The fourth-order valence-electron chi connectivity index (χ4n) is 2.94. The van der Waals surface area contributed by atoms with Crippen molar-refractivity contribution in [1.29, 1.82) is 0 Å². The maximum Gasteiger partial charge on any atom is 0.232 e. The number of quaternary nitrogens is 1. The molecule has 1 amide bonds. The van der Waals surface area contributed by atoms with Crippen LogP contribution in [0.3, 0.4) is 0 Å². The van der Waals surface area contributed by atoms with E-state index in [0.717, 1.165) is 28.7 Å². The second kappa shape index (κ2) is 8.45. The molecule has 130 valence electrons. The van der Waals surface area contributed by atoms with E-state index in [-0.39, 0.29) is 22.9 Å². The first-order chi connectivity index (χ1) is 10.9. The summed E-state index contributed by atoms with van der Waals surface area (Å²) in [5.41, 5.74) is 7.11. The number of nitrogens with two attached hydrogens (primary N) is 1. The standard InChI is InChI=1S/C20H26N2O.BrH/c1-4-22(2,3)16-15-20(19(21)23,17-11-7-5-8-12-17)18-13-9-6-10-14-18;/h5-14H,4,15-16H2,1-3H3,(H-,21,23);1H. The summed E-state index contributed by atoms with van der Waals surface area (Å²) in [5, 5.41) is 0. The van der Waals surface area contributed by atoms with Gasteiger partial charge in [-0.15, -0.1) is 0 Å². The van der Waals surface area contributed by atoms with Gasteiger partial charge < -0.3 is 27.2 Å². The Hall–Kier alpha value is -1.65. The van der Waals surface area contributed by atoms with Gasteiger partial charge in [0.05, 0.1) is 27.2 Å². The number of nitrogens with zero attached hydrogens (tertiary/aromatic N) is 1. The number of halogens is 1. The molecule has 0 heterocycles. The molecule has 0 atom stereocenters. The summed E-state index contributed by atoms with van der Waals surface area (Å²) in [6, 6.07) is 19.8. The van der Waals surface area contributed by atoms with E-state index < -0.39 is 5.41 Å². The Bertz CT molecular complexity index is 602. The highest BCUT2D eigenvalue weighted by atomic mass is 79.9. The summed E-state index contributed by atoms with van der Waals surface area (Å²) in [6.45, 7) is 4.05. The maximum absolute atomic E-state index is 12.6. The van der Waals surface area contributed by atoms with Crippen LogP contribution in [0, 0.1) is 0 Å². The zero-order chi connectivity index (χ0) is 16.9. The van der Waals surface area contributed by atoms with Gasteiger partial charge in [0.25, 0.3) is 0 Å². The lowest BCUT2D eigenvalue weighted by Crippen LogP contribution is -3.00. The molecule has 0 aliphatic carbocycles. The zero-order valence-corrected chi connectivity index (χ0v) is 16.3. The molecule has 2 N–H and O–H groups in total. The van der Waals surface area contributed by atoms with Gasteiger partial charge in [-0.3, -0.25) is 4.79 Å². The van der Waals surface area contributed by atoms with E-state index in [9.17, 15) is 4.79 Å². The van der Waals surface area contributed by atoms with E-state index in [0.29, 0.717) is 6.42 Å². The molecule has 0 saturated heterocycles. The third kappa shape index (κ3) is 4.25. The zero-order valence-electron chi connectivity index (χ0n) is 14.7. The van der Waals surface area contributed by atoms with Crippen LogP contribution in [0.25, 0.3) is 0 Å². The van der Waals surface area contributed by atoms with Crippen LogP contribution in [-0.4, -0.2) is 37.6 Å². The quantitative estimate of drug-likeness (QED) is 0.661. The van der Waals surface area contributed by atoms with Gasteiger partial charge in [-0.25, -0.2) is 0 Å². The van der Waals surface area contributed by atoms with Crippen molar-refractivity contribution in [2.75, 3.05) is 27.2 Å². The number of carbonyl (C=O) groups excluding carboxylic acids is 1. The second-order valence-electron chi connectivity index (χ2n) is 6.73. The molecule has 4 heteroatoms. The molecule has 0 aliphatic heterocycles. The van der Waals surface area contributed by atoms with Gasteiger partial charge in [-0.2, -0.15) is 0 Å². The molecule has 0 radical (unpaired) electrons. The third-order valence-corrected chi connectivity index (χ3v) is 4.90. The van der Waals surface area contributed by atoms with Crippen LogP contribution < -0.4 is 22.7 Å². The predicted molar refractivity (Wildman–Crippen MR) is 95.0 cm³/mol. The Balaban J connectivity index is 0.00000288. The Kier molecular flexibility index (Phi) is 7.18. The minimum atomic E-state index is -0.785. The van der Waals surface area contributed by atoms with Gasteiger partial charge >= 0.3 is 0 Å². The lowest BCUT2D eigenvalue weighted by atomic mass is 9.71. The fraction of sp³-hybridized carbons (Fsp3) is 0.350. The minimum absolute atomic E-state index is 0. The summed E-state index contributed by atoms with van der Waals surface area (Å²) < 4.78 is 0.856. The number of hydrogen-bond donors (Lipinski definition) is 1. The topological polar surface area (TPSA) is 43.1 Å². The Morgan fingerprint density at radius 2 is 1.38 bits per heavy atom. The predicted octanol–water partition coefficient (Wildman–Crippen LogP) is -0.0516. The Morgan fingerprint density at radius 3 is 1.71 bits per heavy atom. The molecule has 2 aromatic carbocycles. The van der Waals surface area contributed by atoms with Crippen molar-refractivity contribution in [2.45, 2.75) is 18.8 Å². The number of benzene rings is 2. The molecule has 0 unspecified atom stereocenters. The van der Waals surface area contributed by atoms with Crippen LogP contribution in [0.5, 0.6) is 0 Å². The molecule has 0 fully saturated rings. The molecule has 0 bridgehead atoms. The van der Waals surface area contributed by atoms with Gasteiger partial charge in [0.15, 0.2) is 0 Å². The van der Waals surface area contributed by atoms with Crippen molar-refractivity contribution in [2.24, 2.45) is 5.73 Å². The summed E-state index contributed by atoms with van der Waals surface area (Å²) in [4.78, 5) is 12.6. The number of carbonyl (C=O) groups is 1. The van der Waals surface area contributed by atoms with E-state index in [2.05, 4.69) is 21.0 Å². The SMILES string of the molecule is CC[N+](C)(C)CCC(C(N)=O)(c1ccccc1)c1ccccc1.[Br-]. The highest BCUT2D eigenvalue weighted by molar-refractivity contribution is 5.90. The summed E-state index contributed by atoms with van der Waals surface area (Å²) in [6.07, 6.45) is 0.692. The van der Waals surface area contributed by atoms with E-state index in [1.54, 1.807) is 0 Å². The van der Waals surface area contributed by atoms with E-state index in [1.165, 1.54) is 0 Å². The smallest absolute Gasteiger partial charge is 0.232 e. The average molecular weight is 391 g/mol. The monoisotopic (exact) mass is 390 g/mol. The summed E-state index contributed by atoms with van der Waals surface area (Å²) >= 11 is 0. The van der Waals surface area contributed by atoms with Gasteiger partial charge in [0, 0.05) is 6.42 Å². The number of primary amides is 1. The second-order valence-corrected chi connectivity index (χ2v) is 6.73. The lowest BCUT2D eigenvalue weighted by Gasteiger charge is -2.36. The van der Waals surface area contributed by atoms with Crippen molar-refractivity contribution in [3.63, 3.8) is 0 Å². The molecular formula is C20H27BrN2O. The largest absolute Gasteiger partial charge is 1.00 e. The van der Waals surface area contributed by atoms with Crippen LogP contribution >= 0.6 is 0 Å². The molecule has 0 aliphatic rings. The van der Waals surface area contributed by atoms with Crippen LogP contribution in [0.1, 0.15) is 24.5 Å². The van der Waals surface area contributed by atoms with Gasteiger partial charge in [-0.1, -0.05) is 60.7 Å². The van der Waals surface area contributed by atoms with Crippen LogP contribution in [0.4, 0.5) is 0 Å². The average Bonchev–Trinajstić information content (AvgIpc) is 2.57. The first kappa shape index (κ1) is 20.4. The van der Waals surface area contributed by atoms with Crippen molar-refractivity contribution in [3.8, 4) is 0 Å². The molecule has 0 aromatic heterocycles. The maximum atomic E-state index is 12.6. The highest BCUT2D eigenvalue weighted by Crippen LogP contribution is 2.36. The van der Waals surface area contributed by atoms with Crippen molar-refractivity contribution >= 4 is 5.91 Å². The van der Waals surface area contributed by atoms with Gasteiger partial charge in [-0.05, 0) is 18.1 Å². The van der Waals surface area contributed by atoms with Crippen molar-refractivity contribution in [3.05, 3.63) is 71.8 Å². The summed E-state index contributed by atoms with van der Waals surface area (Å²) in [5.74, 6) is -0.286. The van der Waals surface area contributed by atoms with Gasteiger partial charge in [0.2, 0.25) is 5.91 Å². The van der Waals surface area contributed by atoms with Crippen LogP contribution in [0.2, 0.25) is 0 Å². The molecule has 24 heavy (non-hydrogen) atoms. The number of amides is 1. The van der Waals surface area contributed by atoms with Crippen molar-refractivity contribution in [1.82, 2.24) is 0 Å². The molecule has 0 saturated carbocycles. The highest BCUT2D eigenvalue weighted by Gasteiger charge is 2.41. The first-order valence-electron chi connectivity index (χ1n) is 8.15. The molecule has 2 aromatic rings. The molecular weight excluding hydrogens is 364 g/mol. The van der Waals surface area contributed by atoms with Crippen LogP contribution in [-0.2, 0) is 10.2 Å². The van der Waals surface area contributed by atoms with E-state index in [1.807, 2.05) is 60.7 Å². The first-order valence-corrected chi connectivity index (χ1v) is 8.15. The molecule has 0 spiro atoms. The minimum Gasteiger partial charge on any atom is -1.00 e. The normalized spacial score (nSPS) is 11.6. The fourth-order valence-corrected chi connectivity index (χ4v) is 2.94. The number of rotatable bonds is 7. The molecule has 3 nitrogen and oxygen atoms in total.